The predicted molar refractivity (Wildman–Crippen MR) is 62.4 cm³/mol. The summed E-state index contributed by atoms with van der Waals surface area (Å²) >= 11 is 0. The number of halogens is 1. The third-order valence-electron chi connectivity index (χ3n) is 2.45. The Labute approximate surface area is 91.0 Å². The van der Waals surface area contributed by atoms with E-state index in [9.17, 15) is 4.39 Å². The average molecular weight is 207 g/mol. The Hall–Kier alpha value is -1.15. The van der Waals surface area contributed by atoms with Crippen LogP contribution in [-0.2, 0) is 0 Å². The third-order valence-corrected chi connectivity index (χ3v) is 2.45. The molecular weight excluding hydrogens is 189 g/mol. The van der Waals surface area contributed by atoms with E-state index in [1.807, 2.05) is 25.1 Å². The second-order valence-corrected chi connectivity index (χ2v) is 3.61. The Balaban J connectivity index is 2.99. The van der Waals surface area contributed by atoms with Crippen LogP contribution in [-0.4, -0.2) is 6.54 Å². The standard InChI is InChI=1S/C13H18FN/c1-4-7-12(15-5-2)11-9-6-8-10(3)13(11)14/h4,6,8-9,12,15H,1,5,7H2,2-3H3. The lowest BCUT2D eigenvalue weighted by Gasteiger charge is -2.18. The van der Waals surface area contributed by atoms with Crippen LogP contribution in [0.4, 0.5) is 4.39 Å². The van der Waals surface area contributed by atoms with Crippen molar-refractivity contribution in [2.24, 2.45) is 0 Å². The minimum absolute atomic E-state index is 0.0346. The number of nitrogens with one attached hydrogen (secondary N) is 1. The van der Waals surface area contributed by atoms with Crippen LogP contribution in [0.5, 0.6) is 0 Å². The van der Waals surface area contributed by atoms with Crippen molar-refractivity contribution in [3.05, 3.63) is 47.8 Å². The van der Waals surface area contributed by atoms with Crippen molar-refractivity contribution in [1.29, 1.82) is 0 Å². The summed E-state index contributed by atoms with van der Waals surface area (Å²) in [5.74, 6) is -0.106. The Kier molecular flexibility index (Phi) is 4.50. The van der Waals surface area contributed by atoms with E-state index < -0.39 is 0 Å². The monoisotopic (exact) mass is 207 g/mol. The van der Waals surface area contributed by atoms with Crippen LogP contribution in [0.3, 0.4) is 0 Å². The molecule has 0 radical (unpaired) electrons. The maximum absolute atomic E-state index is 13.8. The number of aryl methyl sites for hydroxylation is 1. The Morgan fingerprint density at radius 1 is 1.53 bits per heavy atom. The lowest BCUT2D eigenvalue weighted by molar-refractivity contribution is 0.513. The number of hydrogen-bond acceptors (Lipinski definition) is 1. The van der Waals surface area contributed by atoms with Crippen LogP contribution in [0.2, 0.25) is 0 Å². The summed E-state index contributed by atoms with van der Waals surface area (Å²) in [6, 6.07) is 5.54. The predicted octanol–water partition coefficient (Wildman–Crippen LogP) is 3.36. The number of hydrogen-bond donors (Lipinski definition) is 1. The van der Waals surface area contributed by atoms with Gasteiger partial charge in [-0.1, -0.05) is 31.2 Å². The topological polar surface area (TPSA) is 12.0 Å². The van der Waals surface area contributed by atoms with Gasteiger partial charge in [0, 0.05) is 11.6 Å². The van der Waals surface area contributed by atoms with E-state index >= 15 is 0 Å². The van der Waals surface area contributed by atoms with Gasteiger partial charge in [-0.05, 0) is 25.5 Å². The van der Waals surface area contributed by atoms with Crippen molar-refractivity contribution in [1.82, 2.24) is 5.32 Å². The van der Waals surface area contributed by atoms with E-state index in [2.05, 4.69) is 11.9 Å². The highest BCUT2D eigenvalue weighted by molar-refractivity contribution is 5.28. The van der Waals surface area contributed by atoms with E-state index in [0.717, 1.165) is 18.5 Å². The first-order valence-corrected chi connectivity index (χ1v) is 5.30. The quantitative estimate of drug-likeness (QED) is 0.730. The molecule has 1 unspecified atom stereocenters. The fourth-order valence-corrected chi connectivity index (χ4v) is 1.67. The number of benzene rings is 1. The molecule has 15 heavy (non-hydrogen) atoms. The van der Waals surface area contributed by atoms with Gasteiger partial charge in [-0.3, -0.25) is 0 Å². The van der Waals surface area contributed by atoms with Gasteiger partial charge in [-0.2, -0.15) is 0 Å². The van der Waals surface area contributed by atoms with Crippen molar-refractivity contribution in [3.8, 4) is 0 Å². The zero-order valence-corrected chi connectivity index (χ0v) is 9.39. The molecule has 1 nitrogen and oxygen atoms in total. The number of rotatable bonds is 5. The molecule has 2 heteroatoms. The van der Waals surface area contributed by atoms with Gasteiger partial charge < -0.3 is 5.32 Å². The zero-order chi connectivity index (χ0) is 11.3. The summed E-state index contributed by atoms with van der Waals surface area (Å²) in [4.78, 5) is 0. The van der Waals surface area contributed by atoms with Gasteiger partial charge in [0.25, 0.3) is 0 Å². The largest absolute Gasteiger partial charge is 0.310 e. The highest BCUT2D eigenvalue weighted by Crippen LogP contribution is 2.22. The molecule has 0 heterocycles. The molecule has 0 aromatic heterocycles. The molecule has 0 spiro atoms. The van der Waals surface area contributed by atoms with E-state index in [4.69, 9.17) is 0 Å². The maximum atomic E-state index is 13.8. The van der Waals surface area contributed by atoms with Gasteiger partial charge in [0.15, 0.2) is 0 Å². The van der Waals surface area contributed by atoms with Crippen molar-refractivity contribution in [2.45, 2.75) is 26.3 Å². The summed E-state index contributed by atoms with van der Waals surface area (Å²) in [5, 5.41) is 3.26. The first kappa shape index (κ1) is 11.9. The minimum Gasteiger partial charge on any atom is -0.310 e. The van der Waals surface area contributed by atoms with Gasteiger partial charge in [0.2, 0.25) is 0 Å². The summed E-state index contributed by atoms with van der Waals surface area (Å²) in [7, 11) is 0. The fraction of sp³-hybridized carbons (Fsp3) is 0.385. The molecule has 0 aliphatic rings. The lowest BCUT2D eigenvalue weighted by Crippen LogP contribution is -2.21. The molecule has 1 aromatic carbocycles. The Morgan fingerprint density at radius 3 is 2.87 bits per heavy atom. The summed E-state index contributed by atoms with van der Waals surface area (Å²) < 4.78 is 13.8. The van der Waals surface area contributed by atoms with Crippen LogP contribution in [0.1, 0.15) is 30.5 Å². The molecule has 82 valence electrons. The van der Waals surface area contributed by atoms with Gasteiger partial charge >= 0.3 is 0 Å². The lowest BCUT2D eigenvalue weighted by atomic mass is 10.0. The first-order valence-electron chi connectivity index (χ1n) is 5.30. The normalized spacial score (nSPS) is 12.5. The van der Waals surface area contributed by atoms with Crippen LogP contribution >= 0.6 is 0 Å². The van der Waals surface area contributed by atoms with E-state index in [1.165, 1.54) is 0 Å². The van der Waals surface area contributed by atoms with Gasteiger partial charge in [0.05, 0.1) is 0 Å². The maximum Gasteiger partial charge on any atom is 0.130 e. The SMILES string of the molecule is C=CCC(NCC)c1cccc(C)c1F. The van der Waals surface area contributed by atoms with Crippen LogP contribution < -0.4 is 5.32 Å². The van der Waals surface area contributed by atoms with Gasteiger partial charge in [-0.15, -0.1) is 6.58 Å². The molecule has 1 N–H and O–H groups in total. The van der Waals surface area contributed by atoms with Crippen molar-refractivity contribution in [3.63, 3.8) is 0 Å². The molecule has 0 saturated heterocycles. The summed E-state index contributed by atoms with van der Waals surface area (Å²) in [6.45, 7) is 8.33. The molecule has 0 aliphatic heterocycles. The third kappa shape index (κ3) is 2.90. The van der Waals surface area contributed by atoms with Crippen LogP contribution in [0, 0.1) is 12.7 Å². The zero-order valence-electron chi connectivity index (χ0n) is 9.39. The fourth-order valence-electron chi connectivity index (χ4n) is 1.67. The molecule has 0 saturated carbocycles. The van der Waals surface area contributed by atoms with E-state index in [1.54, 1.807) is 13.0 Å². The Bertz CT molecular complexity index is 333. The second-order valence-electron chi connectivity index (χ2n) is 3.61. The van der Waals surface area contributed by atoms with Crippen LogP contribution in [0.25, 0.3) is 0 Å². The molecule has 0 bridgehead atoms. The van der Waals surface area contributed by atoms with Gasteiger partial charge in [-0.25, -0.2) is 4.39 Å². The van der Waals surface area contributed by atoms with E-state index in [-0.39, 0.29) is 11.9 Å². The second kappa shape index (κ2) is 5.66. The molecular formula is C13H18FN. The van der Waals surface area contributed by atoms with Gasteiger partial charge in [0.1, 0.15) is 5.82 Å². The average Bonchev–Trinajstić information content (AvgIpc) is 2.22. The molecule has 0 aliphatic carbocycles. The molecule has 1 aromatic rings. The van der Waals surface area contributed by atoms with Crippen molar-refractivity contribution >= 4 is 0 Å². The first-order chi connectivity index (χ1) is 7.20. The smallest absolute Gasteiger partial charge is 0.130 e. The molecule has 1 atom stereocenters. The van der Waals surface area contributed by atoms with Crippen molar-refractivity contribution in [2.75, 3.05) is 6.54 Å². The van der Waals surface area contributed by atoms with Crippen molar-refractivity contribution < 1.29 is 4.39 Å². The Morgan fingerprint density at radius 2 is 2.27 bits per heavy atom. The molecule has 0 fully saturated rings. The highest BCUT2D eigenvalue weighted by atomic mass is 19.1. The molecule has 1 rings (SSSR count). The summed E-state index contributed by atoms with van der Waals surface area (Å²) in [6.07, 6.45) is 2.56. The molecule has 0 amide bonds. The van der Waals surface area contributed by atoms with E-state index in [0.29, 0.717) is 5.56 Å². The summed E-state index contributed by atoms with van der Waals surface area (Å²) in [5.41, 5.74) is 1.43. The van der Waals surface area contributed by atoms with Crippen LogP contribution in [0.15, 0.2) is 30.9 Å². The highest BCUT2D eigenvalue weighted by Gasteiger charge is 2.14. The minimum atomic E-state index is -0.106.